The largest absolute Gasteiger partial charge is 0.311 e. The first-order chi connectivity index (χ1) is 13.2. The lowest BCUT2D eigenvalue weighted by molar-refractivity contribution is -0.118. The molecular formula is C21H21N3O2S. The van der Waals surface area contributed by atoms with E-state index in [0.29, 0.717) is 36.0 Å². The second-order valence-electron chi connectivity index (χ2n) is 6.60. The zero-order valence-electron chi connectivity index (χ0n) is 15.0. The molecule has 1 N–H and O–H groups in total. The molecule has 4 rings (SSSR count). The van der Waals surface area contributed by atoms with E-state index in [0.717, 1.165) is 24.4 Å². The number of aryl methyl sites for hydroxylation is 1. The van der Waals surface area contributed by atoms with Gasteiger partial charge in [0.1, 0.15) is 5.82 Å². The van der Waals surface area contributed by atoms with Gasteiger partial charge in [-0.1, -0.05) is 24.3 Å². The summed E-state index contributed by atoms with van der Waals surface area (Å²) in [7, 11) is 0. The summed E-state index contributed by atoms with van der Waals surface area (Å²) < 4.78 is 0. The number of amides is 1. The Morgan fingerprint density at radius 2 is 1.96 bits per heavy atom. The van der Waals surface area contributed by atoms with E-state index >= 15 is 0 Å². The molecule has 0 saturated carbocycles. The summed E-state index contributed by atoms with van der Waals surface area (Å²) in [5.74, 6) is 1.80. The minimum absolute atomic E-state index is 0.125. The van der Waals surface area contributed by atoms with Gasteiger partial charge in [0.25, 0.3) is 5.56 Å². The molecule has 0 bridgehead atoms. The number of aromatic amines is 1. The first kappa shape index (κ1) is 17.8. The summed E-state index contributed by atoms with van der Waals surface area (Å²) in [4.78, 5) is 35.4. The minimum Gasteiger partial charge on any atom is -0.311 e. The first-order valence-electron chi connectivity index (χ1n) is 9.22. The number of aromatic nitrogens is 2. The Morgan fingerprint density at radius 3 is 2.89 bits per heavy atom. The normalized spacial score (nSPS) is 14.0. The molecule has 6 heteroatoms. The predicted molar refractivity (Wildman–Crippen MR) is 109 cm³/mol. The van der Waals surface area contributed by atoms with Crippen LogP contribution in [0.25, 0.3) is 10.9 Å². The van der Waals surface area contributed by atoms with E-state index < -0.39 is 0 Å². The number of H-pyrrole nitrogens is 1. The molecule has 0 unspecified atom stereocenters. The number of thioether (sulfide) groups is 1. The van der Waals surface area contributed by atoms with E-state index in [1.807, 2.05) is 53.1 Å². The zero-order chi connectivity index (χ0) is 18.6. The van der Waals surface area contributed by atoms with E-state index in [1.165, 1.54) is 4.90 Å². The van der Waals surface area contributed by atoms with Crippen LogP contribution in [-0.4, -0.2) is 28.2 Å². The van der Waals surface area contributed by atoms with E-state index in [9.17, 15) is 9.59 Å². The SMILES string of the molecule is O=C(CCCc1nc2ccccc2c(=O)[nH]1)N1CCCSc2ccccc21. The van der Waals surface area contributed by atoms with Gasteiger partial charge in [-0.05, 0) is 42.9 Å². The van der Waals surface area contributed by atoms with Crippen LogP contribution < -0.4 is 10.5 Å². The van der Waals surface area contributed by atoms with Crippen LogP contribution in [0.15, 0.2) is 58.2 Å². The first-order valence-corrected chi connectivity index (χ1v) is 10.2. The van der Waals surface area contributed by atoms with Gasteiger partial charge in [0, 0.05) is 24.3 Å². The van der Waals surface area contributed by atoms with Crippen LogP contribution in [0.4, 0.5) is 5.69 Å². The molecule has 0 radical (unpaired) electrons. The van der Waals surface area contributed by atoms with Crippen molar-refractivity contribution in [3.8, 4) is 0 Å². The van der Waals surface area contributed by atoms with Gasteiger partial charge >= 0.3 is 0 Å². The number of hydrogen-bond acceptors (Lipinski definition) is 4. The maximum Gasteiger partial charge on any atom is 0.258 e. The molecule has 138 valence electrons. The molecule has 2 heterocycles. The van der Waals surface area contributed by atoms with Crippen molar-refractivity contribution in [3.05, 3.63) is 64.7 Å². The number of benzene rings is 2. The molecule has 0 atom stereocenters. The van der Waals surface area contributed by atoms with Gasteiger partial charge in [0.2, 0.25) is 5.91 Å². The molecule has 1 amide bonds. The fraction of sp³-hybridized carbons (Fsp3) is 0.286. The van der Waals surface area contributed by atoms with Crippen LogP contribution >= 0.6 is 11.8 Å². The number of hydrogen-bond donors (Lipinski definition) is 1. The number of carbonyl (C=O) groups is 1. The molecule has 2 aromatic carbocycles. The monoisotopic (exact) mass is 379 g/mol. The van der Waals surface area contributed by atoms with E-state index in [2.05, 4.69) is 16.0 Å². The number of anilines is 1. The van der Waals surface area contributed by atoms with Crippen LogP contribution in [0.5, 0.6) is 0 Å². The van der Waals surface area contributed by atoms with Crippen LogP contribution in [0, 0.1) is 0 Å². The van der Waals surface area contributed by atoms with Crippen LogP contribution in [0.3, 0.4) is 0 Å². The van der Waals surface area contributed by atoms with Gasteiger partial charge in [0.15, 0.2) is 0 Å². The molecule has 0 aliphatic carbocycles. The Kier molecular flexibility index (Phi) is 5.25. The Bertz CT molecular complexity index is 1030. The molecule has 0 fully saturated rings. The number of nitrogens with one attached hydrogen (secondary N) is 1. The summed E-state index contributed by atoms with van der Waals surface area (Å²) in [6, 6.07) is 15.4. The topological polar surface area (TPSA) is 66.1 Å². The quantitative estimate of drug-likeness (QED) is 0.749. The average molecular weight is 379 g/mol. The van der Waals surface area contributed by atoms with Crippen molar-refractivity contribution < 1.29 is 4.79 Å². The number of nitrogens with zero attached hydrogens (tertiary/aromatic N) is 2. The summed E-state index contributed by atoms with van der Waals surface area (Å²) in [5.41, 5.74) is 1.59. The van der Waals surface area contributed by atoms with Crippen molar-refractivity contribution in [2.75, 3.05) is 17.2 Å². The van der Waals surface area contributed by atoms with Crippen molar-refractivity contribution in [1.82, 2.24) is 9.97 Å². The Labute approximate surface area is 161 Å². The lowest BCUT2D eigenvalue weighted by Gasteiger charge is -2.22. The van der Waals surface area contributed by atoms with Crippen molar-refractivity contribution in [3.63, 3.8) is 0 Å². The van der Waals surface area contributed by atoms with Crippen LogP contribution in [-0.2, 0) is 11.2 Å². The fourth-order valence-electron chi connectivity index (χ4n) is 3.38. The van der Waals surface area contributed by atoms with Gasteiger partial charge in [-0.25, -0.2) is 4.98 Å². The third-order valence-electron chi connectivity index (χ3n) is 4.71. The van der Waals surface area contributed by atoms with E-state index in [-0.39, 0.29) is 11.5 Å². The number of rotatable bonds is 4. The average Bonchev–Trinajstić information content (AvgIpc) is 2.90. The number of fused-ring (bicyclic) bond motifs is 2. The molecule has 1 aliphatic heterocycles. The molecule has 5 nitrogen and oxygen atoms in total. The van der Waals surface area contributed by atoms with Crippen molar-refractivity contribution in [2.45, 2.75) is 30.6 Å². The second-order valence-corrected chi connectivity index (χ2v) is 7.74. The van der Waals surface area contributed by atoms with Crippen LogP contribution in [0.2, 0.25) is 0 Å². The maximum atomic E-state index is 12.8. The zero-order valence-corrected chi connectivity index (χ0v) is 15.8. The Hall–Kier alpha value is -2.60. The van der Waals surface area contributed by atoms with Gasteiger partial charge < -0.3 is 9.88 Å². The summed E-state index contributed by atoms with van der Waals surface area (Å²) in [5, 5.41) is 0.594. The number of carbonyl (C=O) groups excluding carboxylic acids is 1. The summed E-state index contributed by atoms with van der Waals surface area (Å²) in [6.07, 6.45) is 2.67. The van der Waals surface area contributed by atoms with Gasteiger partial charge in [-0.15, -0.1) is 11.8 Å². The van der Waals surface area contributed by atoms with Gasteiger partial charge in [-0.3, -0.25) is 9.59 Å². The van der Waals surface area contributed by atoms with E-state index in [1.54, 1.807) is 6.07 Å². The fourth-order valence-corrected chi connectivity index (χ4v) is 4.38. The smallest absolute Gasteiger partial charge is 0.258 e. The third-order valence-corrected chi connectivity index (χ3v) is 5.86. The Balaban J connectivity index is 1.44. The predicted octanol–water partition coefficient (Wildman–Crippen LogP) is 3.77. The number of para-hydroxylation sites is 2. The Morgan fingerprint density at radius 1 is 1.15 bits per heavy atom. The maximum absolute atomic E-state index is 12.8. The minimum atomic E-state index is -0.125. The highest BCUT2D eigenvalue weighted by molar-refractivity contribution is 7.99. The molecule has 1 aliphatic rings. The highest BCUT2D eigenvalue weighted by Crippen LogP contribution is 2.33. The van der Waals surface area contributed by atoms with Crippen molar-refractivity contribution in [1.29, 1.82) is 0 Å². The highest BCUT2D eigenvalue weighted by Gasteiger charge is 2.20. The standard InChI is InChI=1S/C21H21N3O2S/c25-20(24-13-6-14-27-18-10-4-3-9-17(18)24)12-5-11-19-22-16-8-2-1-7-15(16)21(26)23-19/h1-4,7-10H,5-6,11-14H2,(H,22,23,26). The lowest BCUT2D eigenvalue weighted by atomic mass is 10.1. The lowest BCUT2D eigenvalue weighted by Crippen LogP contribution is -2.31. The molecule has 0 saturated heterocycles. The van der Waals surface area contributed by atoms with Gasteiger partial charge in [0.05, 0.1) is 16.6 Å². The third kappa shape index (κ3) is 3.90. The molecule has 1 aromatic heterocycles. The summed E-state index contributed by atoms with van der Waals surface area (Å²) >= 11 is 1.81. The molecular weight excluding hydrogens is 358 g/mol. The van der Waals surface area contributed by atoms with Crippen molar-refractivity contribution in [2.24, 2.45) is 0 Å². The van der Waals surface area contributed by atoms with E-state index in [4.69, 9.17) is 0 Å². The summed E-state index contributed by atoms with van der Waals surface area (Å²) in [6.45, 7) is 0.758. The second kappa shape index (κ2) is 7.96. The van der Waals surface area contributed by atoms with Crippen molar-refractivity contribution >= 4 is 34.3 Å². The highest BCUT2D eigenvalue weighted by atomic mass is 32.2. The molecule has 27 heavy (non-hydrogen) atoms. The van der Waals surface area contributed by atoms with Crippen LogP contribution in [0.1, 0.15) is 25.1 Å². The molecule has 3 aromatic rings. The molecule has 0 spiro atoms. The van der Waals surface area contributed by atoms with Gasteiger partial charge in [-0.2, -0.15) is 0 Å².